The summed E-state index contributed by atoms with van der Waals surface area (Å²) in [6.07, 6.45) is 1.33. The molecule has 3 aromatic rings. The number of esters is 1. The highest BCUT2D eigenvalue weighted by Gasteiger charge is 2.38. The first-order chi connectivity index (χ1) is 21.7. The van der Waals surface area contributed by atoms with E-state index >= 15 is 0 Å². The third kappa shape index (κ3) is 9.37. The van der Waals surface area contributed by atoms with E-state index in [1.54, 1.807) is 0 Å². The Kier molecular flexibility index (Phi) is 10.9. The molecule has 5 rings (SSSR count). The minimum absolute atomic E-state index is 0.0168. The maximum absolute atomic E-state index is 13.0. The smallest absolute Gasteiger partial charge is 0.323 e. The average molecular weight is 616 g/mol. The molecule has 2 aliphatic heterocycles. The molecule has 2 heterocycles. The molecule has 240 valence electrons. The van der Waals surface area contributed by atoms with Crippen molar-refractivity contribution in [3.8, 4) is 0 Å². The van der Waals surface area contributed by atoms with Gasteiger partial charge in [0.25, 0.3) is 0 Å². The van der Waals surface area contributed by atoms with E-state index in [-0.39, 0.29) is 36.9 Å². The third-order valence-electron chi connectivity index (χ3n) is 8.10. The van der Waals surface area contributed by atoms with Gasteiger partial charge in [0.2, 0.25) is 0 Å². The standard InChI is InChI=1S/C36H45N3O6/c1-36(2,3)45-33(41)31-10-7-19-39(31)23-30-20-32(28-15-13-27(24-40)14-16-28)44-34(43-30)29-17-11-26(12-18-29)22-38-35(42)37-21-25-8-5-4-6-9-25/h4-6,8-9,11-18,30-32,34,40H,7,10,19-24H2,1-3H3,(H2,37,38,42). The fraction of sp³-hybridized carbons (Fsp3) is 0.444. The van der Waals surface area contributed by atoms with Crippen LogP contribution in [0.15, 0.2) is 78.9 Å². The SMILES string of the molecule is CC(C)(C)OC(=O)C1CCCN1CC1CC(c2ccc(CO)cc2)OC(c2ccc(CNC(=O)NCc3ccccc3)cc2)O1. The van der Waals surface area contributed by atoms with Crippen LogP contribution in [-0.4, -0.2) is 52.8 Å². The Morgan fingerprint density at radius 1 is 0.867 bits per heavy atom. The van der Waals surface area contributed by atoms with Crippen molar-refractivity contribution >= 4 is 12.0 Å². The molecule has 9 heteroatoms. The van der Waals surface area contributed by atoms with Gasteiger partial charge in [0.1, 0.15) is 11.6 Å². The summed E-state index contributed by atoms with van der Waals surface area (Å²) >= 11 is 0. The van der Waals surface area contributed by atoms with Crippen LogP contribution in [0, 0.1) is 0 Å². The van der Waals surface area contributed by atoms with Crippen LogP contribution in [-0.2, 0) is 38.7 Å². The van der Waals surface area contributed by atoms with E-state index in [9.17, 15) is 14.7 Å². The quantitative estimate of drug-likeness (QED) is 0.258. The van der Waals surface area contributed by atoms with Gasteiger partial charge in [-0.2, -0.15) is 0 Å². The van der Waals surface area contributed by atoms with Gasteiger partial charge in [-0.25, -0.2) is 4.79 Å². The Morgan fingerprint density at radius 2 is 1.49 bits per heavy atom. The molecule has 3 N–H and O–H groups in total. The number of rotatable bonds is 10. The first-order valence-electron chi connectivity index (χ1n) is 15.8. The van der Waals surface area contributed by atoms with Gasteiger partial charge in [-0.15, -0.1) is 0 Å². The van der Waals surface area contributed by atoms with Crippen molar-refractivity contribution in [1.29, 1.82) is 0 Å². The van der Waals surface area contributed by atoms with Gasteiger partial charge in [0.05, 0.1) is 18.8 Å². The Morgan fingerprint density at radius 3 is 2.13 bits per heavy atom. The molecule has 4 unspecified atom stereocenters. The molecule has 0 saturated carbocycles. The van der Waals surface area contributed by atoms with Gasteiger partial charge in [0.15, 0.2) is 6.29 Å². The maximum Gasteiger partial charge on any atom is 0.323 e. The van der Waals surface area contributed by atoms with Crippen molar-refractivity contribution in [2.45, 2.75) is 89.9 Å². The second-order valence-electron chi connectivity index (χ2n) is 12.8. The molecule has 0 aromatic heterocycles. The summed E-state index contributed by atoms with van der Waals surface area (Å²) in [5, 5.41) is 15.3. The predicted octanol–water partition coefficient (Wildman–Crippen LogP) is 5.53. The van der Waals surface area contributed by atoms with Crippen LogP contribution in [0.3, 0.4) is 0 Å². The zero-order valence-corrected chi connectivity index (χ0v) is 26.4. The number of ether oxygens (including phenoxy) is 3. The van der Waals surface area contributed by atoms with E-state index in [1.807, 2.05) is 99.6 Å². The number of aliphatic hydroxyl groups is 1. The van der Waals surface area contributed by atoms with Crippen molar-refractivity contribution in [3.05, 3.63) is 107 Å². The van der Waals surface area contributed by atoms with Crippen molar-refractivity contribution in [2.24, 2.45) is 0 Å². The fourth-order valence-electron chi connectivity index (χ4n) is 5.79. The predicted molar refractivity (Wildman–Crippen MR) is 171 cm³/mol. The summed E-state index contributed by atoms with van der Waals surface area (Å²) in [6, 6.07) is 24.9. The Balaban J connectivity index is 1.24. The van der Waals surface area contributed by atoms with Crippen LogP contribution in [0.5, 0.6) is 0 Å². The third-order valence-corrected chi connectivity index (χ3v) is 8.10. The van der Waals surface area contributed by atoms with E-state index in [0.717, 1.165) is 47.2 Å². The van der Waals surface area contributed by atoms with Gasteiger partial charge in [-0.05, 0) is 62.4 Å². The summed E-state index contributed by atoms with van der Waals surface area (Å²) in [7, 11) is 0. The highest BCUT2D eigenvalue weighted by molar-refractivity contribution is 5.76. The summed E-state index contributed by atoms with van der Waals surface area (Å²) in [5.41, 5.74) is 4.18. The van der Waals surface area contributed by atoms with Crippen LogP contribution in [0.1, 0.15) is 80.2 Å². The van der Waals surface area contributed by atoms with Crippen LogP contribution in [0.2, 0.25) is 0 Å². The maximum atomic E-state index is 13.0. The summed E-state index contributed by atoms with van der Waals surface area (Å²) in [6.45, 7) is 7.92. The molecule has 0 aliphatic carbocycles. The number of carbonyl (C=O) groups is 2. The average Bonchev–Trinajstić information content (AvgIpc) is 3.51. The van der Waals surface area contributed by atoms with Gasteiger partial charge >= 0.3 is 12.0 Å². The van der Waals surface area contributed by atoms with Crippen LogP contribution >= 0.6 is 0 Å². The number of hydrogen-bond donors (Lipinski definition) is 3. The molecule has 2 aliphatic rings. The Bertz CT molecular complexity index is 1390. The molecule has 2 amide bonds. The van der Waals surface area contributed by atoms with Gasteiger partial charge in [-0.1, -0.05) is 78.9 Å². The van der Waals surface area contributed by atoms with Crippen molar-refractivity contribution in [3.63, 3.8) is 0 Å². The summed E-state index contributed by atoms with van der Waals surface area (Å²) in [4.78, 5) is 27.5. The zero-order chi connectivity index (χ0) is 31.8. The van der Waals surface area contributed by atoms with Crippen molar-refractivity contribution < 1.29 is 28.9 Å². The van der Waals surface area contributed by atoms with E-state index in [4.69, 9.17) is 14.2 Å². The Hall–Kier alpha value is -3.76. The number of likely N-dealkylation sites (tertiary alicyclic amines) is 1. The van der Waals surface area contributed by atoms with Crippen LogP contribution in [0.4, 0.5) is 4.79 Å². The molecule has 0 spiro atoms. The largest absolute Gasteiger partial charge is 0.459 e. The minimum Gasteiger partial charge on any atom is -0.459 e. The second kappa shape index (κ2) is 15.0. The van der Waals surface area contributed by atoms with E-state index in [0.29, 0.717) is 26.1 Å². The first kappa shape index (κ1) is 32.6. The number of nitrogens with one attached hydrogen (secondary N) is 2. The lowest BCUT2D eigenvalue weighted by Gasteiger charge is -2.38. The number of carbonyl (C=O) groups excluding carboxylic acids is 2. The fourth-order valence-corrected chi connectivity index (χ4v) is 5.79. The number of urea groups is 1. The van der Waals surface area contributed by atoms with Crippen LogP contribution < -0.4 is 10.6 Å². The summed E-state index contributed by atoms with van der Waals surface area (Å²) < 4.78 is 18.8. The normalized spacial score (nSPS) is 22.1. The molecule has 2 saturated heterocycles. The van der Waals surface area contributed by atoms with Gasteiger partial charge in [-0.3, -0.25) is 9.69 Å². The first-order valence-corrected chi connectivity index (χ1v) is 15.8. The van der Waals surface area contributed by atoms with Gasteiger partial charge < -0.3 is 30.0 Å². The molecule has 3 aromatic carbocycles. The summed E-state index contributed by atoms with van der Waals surface area (Å²) in [5.74, 6) is -0.183. The Labute approximate surface area is 265 Å². The van der Waals surface area contributed by atoms with Gasteiger partial charge in [0, 0.05) is 31.6 Å². The van der Waals surface area contributed by atoms with Crippen LogP contribution in [0.25, 0.3) is 0 Å². The van der Waals surface area contributed by atoms with E-state index in [1.165, 1.54) is 0 Å². The second-order valence-corrected chi connectivity index (χ2v) is 12.8. The molecule has 2 fully saturated rings. The molecule has 0 bridgehead atoms. The van der Waals surface area contributed by atoms with E-state index < -0.39 is 11.9 Å². The molecule has 4 atom stereocenters. The highest BCUT2D eigenvalue weighted by Crippen LogP contribution is 2.39. The minimum atomic E-state index is -0.606. The zero-order valence-electron chi connectivity index (χ0n) is 26.4. The highest BCUT2D eigenvalue weighted by atomic mass is 16.7. The number of amides is 2. The molecule has 0 radical (unpaired) electrons. The number of benzene rings is 3. The number of hydrogen-bond acceptors (Lipinski definition) is 7. The lowest BCUT2D eigenvalue weighted by Crippen LogP contribution is -2.45. The molecule has 9 nitrogen and oxygen atoms in total. The lowest BCUT2D eigenvalue weighted by atomic mass is 9.99. The number of aliphatic hydroxyl groups excluding tert-OH is 1. The topological polar surface area (TPSA) is 109 Å². The van der Waals surface area contributed by atoms with Crippen molar-refractivity contribution in [2.75, 3.05) is 13.1 Å². The number of nitrogens with zero attached hydrogens (tertiary/aromatic N) is 1. The molecular weight excluding hydrogens is 570 g/mol. The lowest BCUT2D eigenvalue weighted by molar-refractivity contribution is -0.253. The van der Waals surface area contributed by atoms with E-state index in [2.05, 4.69) is 15.5 Å². The molecule has 45 heavy (non-hydrogen) atoms. The molecular formula is C36H45N3O6. The monoisotopic (exact) mass is 615 g/mol. The van der Waals surface area contributed by atoms with Crippen molar-refractivity contribution in [1.82, 2.24) is 15.5 Å².